The summed E-state index contributed by atoms with van der Waals surface area (Å²) in [5.74, 6) is 16.0. The van der Waals surface area contributed by atoms with Crippen molar-refractivity contribution in [3.05, 3.63) is 46.0 Å². The zero-order valence-electron chi connectivity index (χ0n) is 30.6. The van der Waals surface area contributed by atoms with Crippen LogP contribution in [0, 0.1) is 41.4 Å². The van der Waals surface area contributed by atoms with E-state index >= 15 is 0 Å². The van der Waals surface area contributed by atoms with Crippen molar-refractivity contribution in [2.45, 2.75) is 89.7 Å². The van der Waals surface area contributed by atoms with Gasteiger partial charge in [0.25, 0.3) is 0 Å². The molecule has 4 aliphatic heterocycles. The molecule has 2 aromatic rings. The van der Waals surface area contributed by atoms with Crippen molar-refractivity contribution < 1.29 is 34.3 Å². The number of nitrogens with zero attached hydrogens (tertiary/aromatic N) is 1. The minimum Gasteiger partial charge on any atom is -0.504 e. The number of phenolic OH excluding ortho intramolecular Hbond substituents is 1. The Hall–Kier alpha value is -3.72. The number of fused-ring (bicyclic) bond motifs is 9. The van der Waals surface area contributed by atoms with E-state index in [1.165, 1.54) is 7.11 Å². The third-order valence-electron chi connectivity index (χ3n) is 10.3. The highest BCUT2D eigenvalue weighted by Crippen LogP contribution is 2.46. The molecule has 0 saturated heterocycles. The molecule has 53 heavy (non-hydrogen) atoms. The van der Waals surface area contributed by atoms with Gasteiger partial charge in [-0.25, -0.2) is 4.99 Å². The molecule has 6 unspecified atom stereocenters. The van der Waals surface area contributed by atoms with Crippen LogP contribution in [0.25, 0.3) is 0 Å². The van der Waals surface area contributed by atoms with Gasteiger partial charge in [0.05, 0.1) is 30.9 Å². The lowest BCUT2D eigenvalue weighted by molar-refractivity contribution is -0.121. The second-order valence-electron chi connectivity index (χ2n) is 14.3. The number of hydrogen-bond acceptors (Lipinski definition) is 13. The number of carbonyl (C=O) groups excluding carboxylic acids is 1. The normalized spacial score (nSPS) is 26.8. The first-order valence-electron chi connectivity index (χ1n) is 18.4. The maximum atomic E-state index is 13.0. The highest BCUT2D eigenvalue weighted by molar-refractivity contribution is 8.76. The average Bonchev–Trinajstić information content (AvgIpc) is 3.12. The molecule has 4 heterocycles. The fourth-order valence-corrected chi connectivity index (χ4v) is 10.1. The zero-order chi connectivity index (χ0) is 37.5. The van der Waals surface area contributed by atoms with Crippen LogP contribution in [0.3, 0.4) is 0 Å². The van der Waals surface area contributed by atoms with Gasteiger partial charge in [-0.05, 0) is 48.8 Å². The predicted octanol–water partition coefficient (Wildman–Crippen LogP) is 3.71. The lowest BCUT2D eigenvalue weighted by atomic mass is 9.78. The van der Waals surface area contributed by atoms with Crippen LogP contribution < -0.4 is 30.6 Å². The fourth-order valence-electron chi connectivity index (χ4n) is 7.26. The van der Waals surface area contributed by atoms with Crippen molar-refractivity contribution in [3.8, 4) is 46.7 Å². The number of aliphatic hydroxyl groups excluding tert-OH is 2. The Morgan fingerprint density at radius 3 is 2.68 bits per heavy atom. The summed E-state index contributed by atoms with van der Waals surface area (Å²) in [5, 5.41) is 40.2. The Balaban J connectivity index is 1.44. The molecule has 7 rings (SSSR count). The summed E-state index contributed by atoms with van der Waals surface area (Å²) in [7, 11) is 4.99. The van der Waals surface area contributed by atoms with E-state index in [2.05, 4.69) is 54.2 Å². The number of phenols is 1. The number of Topliss-reactive ketones (excluding diaryl/α,β-unsaturated/α-hetero) is 1. The van der Waals surface area contributed by atoms with Crippen molar-refractivity contribution in [2.75, 3.05) is 31.9 Å². The standard InChI is InChI=1S/C40H50N4O7S2/c1-23(2)34-21-53-52-20-32-31-19-30-25-11-14-28(46)18-27(45)13-10-24-12-15-35(47)37(49-3)29(24)8-6-7-26(17-25)36(38(30)51-39(31)48)50-22-42-16-5-4-9-33(32)43-40(41)44-34/h12,15,17,23,28,31-34,39,42,46-48H,5,7,10-11,13-14,16,18-22H2,1-3H3,(H3,41,43,44). The number of aliphatic imine (C=N–C) groups is 1. The second kappa shape index (κ2) is 18.1. The number of aromatic hydroxyl groups is 1. The minimum absolute atomic E-state index is 0.0274. The number of nitrogens with two attached hydrogens (primary N) is 1. The molecule has 2 aromatic carbocycles. The van der Waals surface area contributed by atoms with E-state index in [1.807, 2.05) is 0 Å². The number of benzene rings is 2. The molecule has 6 bridgehead atoms. The van der Waals surface area contributed by atoms with Gasteiger partial charge in [0.1, 0.15) is 12.5 Å². The molecule has 0 fully saturated rings. The summed E-state index contributed by atoms with van der Waals surface area (Å²) in [5.41, 5.74) is 10.4. The van der Waals surface area contributed by atoms with Crippen LogP contribution in [0.2, 0.25) is 0 Å². The van der Waals surface area contributed by atoms with Crippen LogP contribution in [-0.2, 0) is 30.5 Å². The van der Waals surface area contributed by atoms with E-state index in [0.717, 1.165) is 28.0 Å². The van der Waals surface area contributed by atoms with E-state index in [9.17, 15) is 20.1 Å². The number of ketones is 1. The predicted molar refractivity (Wildman–Crippen MR) is 209 cm³/mol. The Kier molecular flexibility index (Phi) is 13.3. The third-order valence-corrected chi connectivity index (χ3v) is 12.8. The number of methoxy groups -OCH3 is 1. The summed E-state index contributed by atoms with van der Waals surface area (Å²) in [6.07, 6.45) is 0.816. The first-order chi connectivity index (χ1) is 25.6. The molecule has 0 amide bonds. The largest absolute Gasteiger partial charge is 0.504 e. The summed E-state index contributed by atoms with van der Waals surface area (Å²) in [6.45, 7) is 5.06. The van der Waals surface area contributed by atoms with Crippen LogP contribution >= 0.6 is 21.6 Å². The highest BCUT2D eigenvalue weighted by Gasteiger charge is 2.41. The topological polar surface area (TPSA) is 168 Å². The Labute approximate surface area is 320 Å². The molecule has 13 heteroatoms. The summed E-state index contributed by atoms with van der Waals surface area (Å²) < 4.78 is 18.4. The maximum absolute atomic E-state index is 13.0. The minimum atomic E-state index is -1.17. The van der Waals surface area contributed by atoms with Crippen LogP contribution in [-0.4, -0.2) is 83.4 Å². The van der Waals surface area contributed by atoms with E-state index in [4.69, 9.17) is 24.9 Å². The number of nitrogens with one attached hydrogen (secondary N) is 2. The maximum Gasteiger partial charge on any atom is 0.201 e. The second-order valence-corrected chi connectivity index (χ2v) is 16.9. The summed E-state index contributed by atoms with van der Waals surface area (Å²) in [6, 6.07) is 5.04. The van der Waals surface area contributed by atoms with Gasteiger partial charge >= 0.3 is 0 Å². The number of rotatable bonds is 2. The smallest absolute Gasteiger partial charge is 0.201 e. The Bertz CT molecular complexity index is 1810. The molecule has 6 atom stereocenters. The molecular formula is C40H50N4O7S2. The zero-order valence-corrected chi connectivity index (χ0v) is 32.2. The van der Waals surface area contributed by atoms with Gasteiger partial charge in [0.15, 0.2) is 29.0 Å². The van der Waals surface area contributed by atoms with Gasteiger partial charge < -0.3 is 40.6 Å². The van der Waals surface area contributed by atoms with Crippen molar-refractivity contribution in [1.29, 1.82) is 0 Å². The molecule has 284 valence electrons. The van der Waals surface area contributed by atoms with Crippen LogP contribution in [0.1, 0.15) is 67.3 Å². The molecular weight excluding hydrogens is 713 g/mol. The molecule has 0 aromatic heterocycles. The number of ether oxygens (including phenoxy) is 3. The van der Waals surface area contributed by atoms with Crippen LogP contribution in [0.15, 0.2) is 23.2 Å². The van der Waals surface area contributed by atoms with E-state index < -0.39 is 12.4 Å². The number of aryl methyl sites for hydroxylation is 2. The van der Waals surface area contributed by atoms with Gasteiger partial charge in [-0.3, -0.25) is 10.1 Å². The number of hydrogen-bond donors (Lipinski definition) is 6. The van der Waals surface area contributed by atoms with Gasteiger partial charge in [-0.1, -0.05) is 71.2 Å². The lowest BCUT2D eigenvalue weighted by Gasteiger charge is -2.39. The van der Waals surface area contributed by atoms with Gasteiger partial charge in [0.2, 0.25) is 6.29 Å². The van der Waals surface area contributed by atoms with Crippen LogP contribution in [0.5, 0.6) is 23.0 Å². The third kappa shape index (κ3) is 9.51. The van der Waals surface area contributed by atoms with Crippen molar-refractivity contribution in [3.63, 3.8) is 0 Å². The molecule has 7 N–H and O–H groups in total. The number of carbonyl (C=O) groups is 1. The molecule has 0 spiro atoms. The SMILES string of the molecule is COc1c(O)ccc2c1C#CCc1cc(c3c4c1OCNCCC#CC1NC(N)=NC(C(C)C)CSSCC1C(C3)C(O)O4)CCC(O)CC(=O)CC2. The van der Waals surface area contributed by atoms with Crippen molar-refractivity contribution >= 4 is 33.3 Å². The van der Waals surface area contributed by atoms with E-state index in [0.29, 0.717) is 73.3 Å². The van der Waals surface area contributed by atoms with Gasteiger partial charge in [-0.15, -0.1) is 0 Å². The molecule has 11 nitrogen and oxygen atoms in total. The fraction of sp³-hybridized carbons (Fsp3) is 0.550. The molecule has 1 aliphatic carbocycles. The van der Waals surface area contributed by atoms with Crippen LogP contribution in [0.4, 0.5) is 0 Å². The molecule has 0 saturated carbocycles. The quantitative estimate of drug-likeness (QED) is 0.194. The summed E-state index contributed by atoms with van der Waals surface area (Å²) >= 11 is 0. The first kappa shape index (κ1) is 39.0. The number of aliphatic hydroxyl groups is 2. The molecule has 5 aliphatic rings. The van der Waals surface area contributed by atoms with Crippen molar-refractivity contribution in [2.24, 2.45) is 28.5 Å². The summed E-state index contributed by atoms with van der Waals surface area (Å²) in [4.78, 5) is 17.9. The highest BCUT2D eigenvalue weighted by atomic mass is 33.1. The molecule has 0 radical (unpaired) electrons. The van der Waals surface area contributed by atoms with Crippen molar-refractivity contribution in [1.82, 2.24) is 10.6 Å². The van der Waals surface area contributed by atoms with Gasteiger partial charge in [0, 0.05) is 66.7 Å². The Morgan fingerprint density at radius 2 is 1.87 bits per heavy atom. The number of guanidine groups is 1. The van der Waals surface area contributed by atoms with Gasteiger partial charge in [-0.2, -0.15) is 0 Å². The monoisotopic (exact) mass is 762 g/mol. The Morgan fingerprint density at radius 1 is 1.04 bits per heavy atom. The average molecular weight is 763 g/mol. The van der Waals surface area contributed by atoms with E-state index in [-0.39, 0.29) is 67.2 Å². The lowest BCUT2D eigenvalue weighted by Crippen LogP contribution is -2.51. The van der Waals surface area contributed by atoms with E-state index in [1.54, 1.807) is 33.7 Å². The first-order valence-corrected chi connectivity index (χ1v) is 20.9.